The third-order valence-corrected chi connectivity index (χ3v) is 4.22. The number of hydrogen-bond donors (Lipinski definition) is 1. The van der Waals surface area contributed by atoms with E-state index in [0.717, 1.165) is 16.5 Å². The van der Waals surface area contributed by atoms with E-state index in [1.807, 2.05) is 73.0 Å². The van der Waals surface area contributed by atoms with Crippen molar-refractivity contribution in [3.8, 4) is 0 Å². The second kappa shape index (κ2) is 7.34. The smallest absolute Gasteiger partial charge is 0.240 e. The maximum Gasteiger partial charge on any atom is 0.240 e. The lowest BCUT2D eigenvalue weighted by molar-refractivity contribution is -0.121. The van der Waals surface area contributed by atoms with E-state index in [4.69, 9.17) is 0 Å². The van der Waals surface area contributed by atoms with E-state index in [9.17, 15) is 9.59 Å². The van der Waals surface area contributed by atoms with Crippen molar-refractivity contribution in [1.29, 1.82) is 0 Å². The van der Waals surface area contributed by atoms with E-state index >= 15 is 0 Å². The molecule has 2 aromatic carbocycles. The van der Waals surface area contributed by atoms with E-state index in [1.165, 1.54) is 0 Å². The molecule has 1 aromatic heterocycles. The summed E-state index contributed by atoms with van der Waals surface area (Å²) in [7, 11) is 0. The van der Waals surface area contributed by atoms with Gasteiger partial charge < -0.3 is 9.88 Å². The van der Waals surface area contributed by atoms with E-state index in [2.05, 4.69) is 5.32 Å². The van der Waals surface area contributed by atoms with Crippen LogP contribution in [0.25, 0.3) is 10.9 Å². The molecule has 0 saturated heterocycles. The van der Waals surface area contributed by atoms with Gasteiger partial charge >= 0.3 is 0 Å². The molecule has 1 amide bonds. The van der Waals surface area contributed by atoms with Crippen molar-refractivity contribution in [2.75, 3.05) is 0 Å². The molecule has 128 valence electrons. The zero-order valence-corrected chi connectivity index (χ0v) is 14.5. The Hall–Kier alpha value is -2.88. The van der Waals surface area contributed by atoms with Gasteiger partial charge in [-0.15, -0.1) is 0 Å². The lowest BCUT2D eigenvalue weighted by Crippen LogP contribution is -2.26. The Labute approximate surface area is 147 Å². The number of ketones is 1. The van der Waals surface area contributed by atoms with Gasteiger partial charge in [0.25, 0.3) is 0 Å². The van der Waals surface area contributed by atoms with Crippen molar-refractivity contribution in [2.24, 2.45) is 5.92 Å². The molecule has 0 aliphatic rings. The van der Waals surface area contributed by atoms with Crippen LogP contribution in [0.3, 0.4) is 0 Å². The van der Waals surface area contributed by atoms with Gasteiger partial charge in [0, 0.05) is 35.1 Å². The van der Waals surface area contributed by atoms with Crippen molar-refractivity contribution in [2.45, 2.75) is 26.9 Å². The highest BCUT2D eigenvalue weighted by molar-refractivity contribution is 6.09. The van der Waals surface area contributed by atoms with Gasteiger partial charge in [-0.25, -0.2) is 0 Å². The fourth-order valence-electron chi connectivity index (χ4n) is 2.89. The number of nitrogens with one attached hydrogen (secondary N) is 1. The fourth-order valence-corrected chi connectivity index (χ4v) is 2.89. The van der Waals surface area contributed by atoms with Gasteiger partial charge in [-0.05, 0) is 11.6 Å². The molecule has 4 nitrogen and oxygen atoms in total. The van der Waals surface area contributed by atoms with Crippen LogP contribution in [-0.4, -0.2) is 16.3 Å². The minimum atomic E-state index is -0.0776. The highest BCUT2D eigenvalue weighted by Gasteiger charge is 2.18. The standard InChI is InChI=1S/C21H22N2O2/c1-15(2)21(25)18-13-23(19-11-7-6-10-17(18)19)14-20(24)22-12-16-8-4-3-5-9-16/h3-11,13,15H,12,14H2,1-2H3,(H,22,24). The van der Waals surface area contributed by atoms with Gasteiger partial charge in [-0.2, -0.15) is 0 Å². The highest BCUT2D eigenvalue weighted by Crippen LogP contribution is 2.23. The van der Waals surface area contributed by atoms with Crippen LogP contribution in [0.1, 0.15) is 29.8 Å². The predicted octanol–water partition coefficient (Wildman–Crippen LogP) is 3.80. The summed E-state index contributed by atoms with van der Waals surface area (Å²) in [5.41, 5.74) is 2.65. The second-order valence-electron chi connectivity index (χ2n) is 6.47. The second-order valence-corrected chi connectivity index (χ2v) is 6.47. The van der Waals surface area contributed by atoms with Crippen LogP contribution in [0.5, 0.6) is 0 Å². The molecule has 0 saturated carbocycles. The molecule has 1 heterocycles. The average molecular weight is 334 g/mol. The summed E-state index contributed by atoms with van der Waals surface area (Å²) in [6.07, 6.45) is 1.80. The molecule has 0 atom stereocenters. The monoisotopic (exact) mass is 334 g/mol. The Bertz CT molecular complexity index is 895. The zero-order valence-electron chi connectivity index (χ0n) is 14.5. The summed E-state index contributed by atoms with van der Waals surface area (Å²) in [6.45, 7) is 4.47. The Kier molecular flexibility index (Phi) is 4.98. The lowest BCUT2D eigenvalue weighted by atomic mass is 10.0. The van der Waals surface area contributed by atoms with Gasteiger partial charge in [-0.3, -0.25) is 9.59 Å². The third kappa shape index (κ3) is 3.79. The number of amides is 1. The molecule has 1 N–H and O–H groups in total. The zero-order chi connectivity index (χ0) is 17.8. The van der Waals surface area contributed by atoms with Crippen LogP contribution >= 0.6 is 0 Å². The molecule has 0 unspecified atom stereocenters. The summed E-state index contributed by atoms with van der Waals surface area (Å²) in [4.78, 5) is 24.8. The van der Waals surface area contributed by atoms with Crippen LogP contribution in [0.4, 0.5) is 0 Å². The number of fused-ring (bicyclic) bond motifs is 1. The quantitative estimate of drug-likeness (QED) is 0.697. The van der Waals surface area contributed by atoms with Gasteiger partial charge in [0.15, 0.2) is 5.78 Å². The molecule has 0 aliphatic carbocycles. The minimum Gasteiger partial charge on any atom is -0.350 e. The Morgan fingerprint density at radius 1 is 1.00 bits per heavy atom. The van der Waals surface area contributed by atoms with Crippen LogP contribution in [-0.2, 0) is 17.9 Å². The summed E-state index contributed by atoms with van der Waals surface area (Å²) in [5.74, 6) is -0.0565. The number of Topliss-reactive ketones (excluding diaryl/α,β-unsaturated/α-hetero) is 1. The summed E-state index contributed by atoms with van der Waals surface area (Å²) < 4.78 is 1.85. The third-order valence-electron chi connectivity index (χ3n) is 4.22. The van der Waals surface area contributed by atoms with Crippen LogP contribution in [0.15, 0.2) is 60.8 Å². The normalized spacial score (nSPS) is 11.0. The van der Waals surface area contributed by atoms with Crippen molar-refractivity contribution < 1.29 is 9.59 Å². The van der Waals surface area contributed by atoms with Crippen molar-refractivity contribution >= 4 is 22.6 Å². The molecule has 0 radical (unpaired) electrons. The first-order chi connectivity index (χ1) is 12.1. The van der Waals surface area contributed by atoms with Gasteiger partial charge in [0.1, 0.15) is 6.54 Å². The number of carbonyl (C=O) groups is 2. The SMILES string of the molecule is CC(C)C(=O)c1cn(CC(=O)NCc2ccccc2)c2ccccc12. The van der Waals surface area contributed by atoms with E-state index in [1.54, 1.807) is 6.20 Å². The molecule has 3 aromatic rings. The minimum absolute atomic E-state index is 0.0758. The van der Waals surface area contributed by atoms with E-state index < -0.39 is 0 Å². The molecule has 0 aliphatic heterocycles. The number of nitrogens with zero attached hydrogens (tertiary/aromatic N) is 1. The number of hydrogen-bond acceptors (Lipinski definition) is 2. The number of benzene rings is 2. The summed E-state index contributed by atoms with van der Waals surface area (Å²) >= 11 is 0. The van der Waals surface area contributed by atoms with Gasteiger partial charge in [0.2, 0.25) is 5.91 Å². The molecular formula is C21H22N2O2. The molecule has 25 heavy (non-hydrogen) atoms. The van der Waals surface area contributed by atoms with Crippen LogP contribution < -0.4 is 5.32 Å². The van der Waals surface area contributed by atoms with Crippen molar-refractivity contribution in [3.05, 3.63) is 71.9 Å². The first-order valence-electron chi connectivity index (χ1n) is 8.49. The van der Waals surface area contributed by atoms with Crippen LogP contribution in [0, 0.1) is 5.92 Å². The Morgan fingerprint density at radius 2 is 1.68 bits per heavy atom. The van der Waals surface area contributed by atoms with E-state index in [0.29, 0.717) is 12.1 Å². The molecule has 3 rings (SSSR count). The average Bonchev–Trinajstić information content (AvgIpc) is 2.99. The summed E-state index contributed by atoms with van der Waals surface area (Å²) in [5, 5.41) is 3.83. The van der Waals surface area contributed by atoms with Gasteiger partial charge in [-0.1, -0.05) is 62.4 Å². The maximum atomic E-state index is 12.5. The highest BCUT2D eigenvalue weighted by atomic mass is 16.2. The number of carbonyl (C=O) groups excluding carboxylic acids is 2. The largest absolute Gasteiger partial charge is 0.350 e. The number of aromatic nitrogens is 1. The number of para-hydroxylation sites is 1. The molecule has 0 fully saturated rings. The molecule has 0 bridgehead atoms. The number of rotatable bonds is 6. The topological polar surface area (TPSA) is 51.1 Å². The molecular weight excluding hydrogens is 312 g/mol. The maximum absolute atomic E-state index is 12.5. The van der Waals surface area contributed by atoms with Crippen LogP contribution in [0.2, 0.25) is 0 Å². The Morgan fingerprint density at radius 3 is 2.40 bits per heavy atom. The van der Waals surface area contributed by atoms with Crippen molar-refractivity contribution in [3.63, 3.8) is 0 Å². The van der Waals surface area contributed by atoms with Crippen molar-refractivity contribution in [1.82, 2.24) is 9.88 Å². The Balaban J connectivity index is 1.79. The fraction of sp³-hybridized carbons (Fsp3) is 0.238. The molecule has 4 heteroatoms. The first kappa shape index (κ1) is 17.0. The van der Waals surface area contributed by atoms with E-state index in [-0.39, 0.29) is 24.2 Å². The molecule has 0 spiro atoms. The van der Waals surface area contributed by atoms with Gasteiger partial charge in [0.05, 0.1) is 0 Å². The predicted molar refractivity (Wildman–Crippen MR) is 99.4 cm³/mol. The summed E-state index contributed by atoms with van der Waals surface area (Å²) in [6, 6.07) is 17.5. The lowest BCUT2D eigenvalue weighted by Gasteiger charge is -2.07. The first-order valence-corrected chi connectivity index (χ1v) is 8.49.